The molecule has 0 aromatic carbocycles. The number of Topliss-reactive ketones (excluding diaryl/α,β-unsaturated/α-hetero) is 1. The normalized spacial score (nSPS) is 24.0. The number of imide groups is 1. The predicted molar refractivity (Wildman–Crippen MR) is 206 cm³/mol. The van der Waals surface area contributed by atoms with Crippen molar-refractivity contribution in [3.05, 3.63) is 12.7 Å². The minimum absolute atomic E-state index is 0.0210. The molecule has 2 saturated carbocycles. The van der Waals surface area contributed by atoms with Crippen molar-refractivity contribution in [3.63, 3.8) is 0 Å². The Balaban J connectivity index is 1.53. The lowest BCUT2D eigenvalue weighted by atomic mass is 9.70. The van der Waals surface area contributed by atoms with Gasteiger partial charge in [0.15, 0.2) is 0 Å². The molecule has 2 aliphatic carbocycles. The first-order chi connectivity index (χ1) is 25.4. The molecule has 0 radical (unpaired) electrons. The van der Waals surface area contributed by atoms with Gasteiger partial charge in [-0.3, -0.25) is 33.7 Å². The average molecular weight is 755 g/mol. The Morgan fingerprint density at radius 1 is 0.926 bits per heavy atom. The van der Waals surface area contributed by atoms with Gasteiger partial charge < -0.3 is 26.2 Å². The van der Waals surface area contributed by atoms with Crippen molar-refractivity contribution in [2.24, 2.45) is 22.2 Å². The van der Waals surface area contributed by atoms with Gasteiger partial charge in [0, 0.05) is 32.5 Å². The van der Waals surface area contributed by atoms with Crippen molar-refractivity contribution in [1.82, 2.24) is 31.1 Å². The largest absolute Gasteiger partial charge is 0.346 e. The predicted octanol–water partition coefficient (Wildman–Crippen LogP) is 4.53. The molecule has 302 valence electrons. The van der Waals surface area contributed by atoms with Gasteiger partial charge in [0.05, 0.1) is 12.1 Å². The van der Waals surface area contributed by atoms with E-state index in [1.165, 1.54) is 15.9 Å². The summed E-state index contributed by atoms with van der Waals surface area (Å²) in [6.45, 7) is 15.8. The second-order valence-corrected chi connectivity index (χ2v) is 18.1. The van der Waals surface area contributed by atoms with Gasteiger partial charge in [-0.25, -0.2) is 4.79 Å². The molecule has 54 heavy (non-hydrogen) atoms. The van der Waals surface area contributed by atoms with Crippen molar-refractivity contribution in [2.75, 3.05) is 19.6 Å². The molecule has 2 heterocycles. The lowest BCUT2D eigenvalue weighted by molar-refractivity contribution is -0.154. The molecule has 0 aromatic rings. The summed E-state index contributed by atoms with van der Waals surface area (Å²) >= 11 is 0. The molecule has 13 heteroatoms. The number of nitrogens with one attached hydrogen (secondary N) is 4. The van der Waals surface area contributed by atoms with E-state index in [2.05, 4.69) is 27.8 Å². The third-order valence-corrected chi connectivity index (χ3v) is 12.5. The van der Waals surface area contributed by atoms with Gasteiger partial charge in [-0.2, -0.15) is 0 Å². The van der Waals surface area contributed by atoms with E-state index >= 15 is 0 Å². The molecule has 7 amide bonds. The highest BCUT2D eigenvalue weighted by atomic mass is 16.2. The van der Waals surface area contributed by atoms with Crippen LogP contribution in [0.5, 0.6) is 0 Å². The monoisotopic (exact) mass is 754 g/mol. The first-order valence-corrected chi connectivity index (χ1v) is 20.4. The number of unbranched alkanes of at least 4 members (excludes halogenated alkanes) is 1. The Labute approximate surface area is 321 Å². The van der Waals surface area contributed by atoms with Gasteiger partial charge in [-0.1, -0.05) is 92.6 Å². The van der Waals surface area contributed by atoms with Crippen molar-refractivity contribution in [2.45, 2.75) is 162 Å². The van der Waals surface area contributed by atoms with E-state index in [1.807, 2.05) is 41.5 Å². The molecular weight excluding hydrogens is 688 g/mol. The molecule has 2 aliphatic heterocycles. The van der Waals surface area contributed by atoms with E-state index in [9.17, 15) is 33.6 Å². The molecule has 4 N–H and O–H groups in total. The fraction of sp³-hybridized carbons (Fsp3) is 0.780. The third kappa shape index (κ3) is 10.5. The topological polar surface area (TPSA) is 174 Å². The Bertz CT molecular complexity index is 1410. The second-order valence-electron chi connectivity index (χ2n) is 18.1. The Hall–Kier alpha value is -3.77. The Morgan fingerprint density at radius 3 is 2.11 bits per heavy atom. The summed E-state index contributed by atoms with van der Waals surface area (Å²) in [5.74, 6) is -2.83. The molecular formula is C41H66N6O7. The Kier molecular flexibility index (Phi) is 14.5. The number of rotatable bonds is 15. The minimum Gasteiger partial charge on any atom is -0.346 e. The van der Waals surface area contributed by atoms with Crippen LogP contribution in [0.1, 0.15) is 138 Å². The molecule has 1 spiro atoms. The highest BCUT2D eigenvalue weighted by Crippen LogP contribution is 2.47. The number of urea groups is 1. The zero-order valence-electron chi connectivity index (χ0n) is 33.7. The molecule has 13 nitrogen and oxygen atoms in total. The van der Waals surface area contributed by atoms with Crippen molar-refractivity contribution < 1.29 is 33.6 Å². The zero-order chi connectivity index (χ0) is 39.8. The van der Waals surface area contributed by atoms with Gasteiger partial charge in [0.25, 0.3) is 5.91 Å². The summed E-state index contributed by atoms with van der Waals surface area (Å²) in [7, 11) is 0. The quantitative estimate of drug-likeness (QED) is 0.108. The first kappa shape index (κ1) is 43.0. The lowest BCUT2D eigenvalue weighted by Crippen LogP contribution is -2.63. The van der Waals surface area contributed by atoms with Crippen LogP contribution in [0.3, 0.4) is 0 Å². The number of hydrogen-bond acceptors (Lipinski definition) is 7. The molecule has 5 atom stereocenters. The smallest absolute Gasteiger partial charge is 0.315 e. The van der Waals surface area contributed by atoms with E-state index in [-0.39, 0.29) is 48.6 Å². The average Bonchev–Trinajstić information content (AvgIpc) is 3.74. The number of piperidine rings is 1. The first-order valence-electron chi connectivity index (χ1n) is 20.4. The second kappa shape index (κ2) is 18.2. The summed E-state index contributed by atoms with van der Waals surface area (Å²) in [4.78, 5) is 98.0. The molecule has 4 fully saturated rings. The Morgan fingerprint density at radius 2 is 1.54 bits per heavy atom. The third-order valence-electron chi connectivity index (χ3n) is 12.5. The van der Waals surface area contributed by atoms with Crippen LogP contribution in [0.4, 0.5) is 4.79 Å². The fourth-order valence-corrected chi connectivity index (χ4v) is 9.01. The van der Waals surface area contributed by atoms with E-state index in [0.717, 1.165) is 51.4 Å². The summed E-state index contributed by atoms with van der Waals surface area (Å²) in [6, 6.07) is -4.05. The van der Waals surface area contributed by atoms with Gasteiger partial charge in [0.2, 0.25) is 29.4 Å². The minimum atomic E-state index is -1.04. The van der Waals surface area contributed by atoms with Gasteiger partial charge in [-0.15, -0.1) is 6.58 Å². The van der Waals surface area contributed by atoms with Gasteiger partial charge in [0.1, 0.15) is 12.1 Å². The van der Waals surface area contributed by atoms with Crippen molar-refractivity contribution in [1.29, 1.82) is 0 Å². The summed E-state index contributed by atoms with van der Waals surface area (Å²) in [5, 5.41) is 11.4. The van der Waals surface area contributed by atoms with E-state index in [4.69, 9.17) is 0 Å². The molecule has 0 aromatic heterocycles. The van der Waals surface area contributed by atoms with Crippen molar-refractivity contribution in [3.8, 4) is 0 Å². The van der Waals surface area contributed by atoms with Crippen LogP contribution in [0.25, 0.3) is 0 Å². The number of amides is 7. The van der Waals surface area contributed by atoms with Crippen molar-refractivity contribution >= 4 is 41.4 Å². The fourth-order valence-electron chi connectivity index (χ4n) is 9.01. The maximum atomic E-state index is 14.7. The van der Waals surface area contributed by atoms with E-state index in [0.29, 0.717) is 45.1 Å². The van der Waals surface area contributed by atoms with Crippen LogP contribution >= 0.6 is 0 Å². The number of ketones is 1. The maximum Gasteiger partial charge on any atom is 0.315 e. The summed E-state index contributed by atoms with van der Waals surface area (Å²) < 4.78 is 0. The molecule has 2 saturated heterocycles. The standard InChI is InChI=1S/C41H66N6O7/c1-8-10-16-28(33(50)36(52)42-21-9-2)43-35(51)29-22-27(3)25-46(29)37(53)34(40(7)17-12-11-13-18-40)45-38(54)44-30(39(4,5)6)26-47-31(48)23-41(24-32(47)49)19-14-15-20-41/h9,27-30,34H,2,8,10-26H2,1,3-7H3,(H,42,52)(H,43,51)(H2,44,45,54)/t27-,28?,29+,30-,34-/m1/s1. The van der Waals surface area contributed by atoms with Gasteiger partial charge >= 0.3 is 6.03 Å². The maximum absolute atomic E-state index is 14.7. The van der Waals surface area contributed by atoms with E-state index < -0.39 is 58.6 Å². The van der Waals surface area contributed by atoms with Crippen LogP contribution in [-0.2, 0) is 28.8 Å². The van der Waals surface area contributed by atoms with Crippen LogP contribution in [0.2, 0.25) is 0 Å². The van der Waals surface area contributed by atoms with E-state index in [1.54, 1.807) is 0 Å². The highest BCUT2D eigenvalue weighted by Gasteiger charge is 2.49. The number of hydrogen-bond donors (Lipinski definition) is 4. The SMILES string of the molecule is C=CCNC(=O)C(=O)C(CCCC)NC(=O)[C@@H]1C[C@@H](C)CN1C(=O)[C@@H](NC(=O)N[C@H](CN1C(=O)CC2(CCCC2)CC1=O)C(C)(C)C)C1(C)CCCCC1. The van der Waals surface area contributed by atoms with Crippen LogP contribution in [0, 0.1) is 22.2 Å². The molecule has 4 aliphatic rings. The molecule has 4 rings (SSSR count). The number of carbonyl (C=O) groups is 7. The lowest BCUT2D eigenvalue weighted by Gasteiger charge is -2.43. The number of carbonyl (C=O) groups excluding carboxylic acids is 7. The zero-order valence-corrected chi connectivity index (χ0v) is 33.7. The van der Waals surface area contributed by atoms with Crippen LogP contribution in [-0.4, -0.2) is 95.0 Å². The number of likely N-dealkylation sites (tertiary alicyclic amines) is 2. The summed E-state index contributed by atoms with van der Waals surface area (Å²) in [6.07, 6.45) is 12.2. The van der Waals surface area contributed by atoms with Gasteiger partial charge in [-0.05, 0) is 60.7 Å². The van der Waals surface area contributed by atoms with Crippen LogP contribution in [0.15, 0.2) is 12.7 Å². The molecule has 0 bridgehead atoms. The highest BCUT2D eigenvalue weighted by molar-refractivity contribution is 6.38. The number of nitrogens with zero attached hydrogens (tertiary/aromatic N) is 2. The molecule has 1 unspecified atom stereocenters. The summed E-state index contributed by atoms with van der Waals surface area (Å²) in [5.41, 5.74) is -1.35. The van der Waals surface area contributed by atoms with Crippen LogP contribution < -0.4 is 21.3 Å².